The first-order chi connectivity index (χ1) is 13.1. The third-order valence-electron chi connectivity index (χ3n) is 4.46. The van der Waals surface area contributed by atoms with Crippen molar-refractivity contribution in [1.82, 2.24) is 4.98 Å². The minimum atomic E-state index is 0.386. The van der Waals surface area contributed by atoms with Gasteiger partial charge >= 0.3 is 0 Å². The van der Waals surface area contributed by atoms with Gasteiger partial charge in [-0.05, 0) is 55.3 Å². The molecule has 0 radical (unpaired) electrons. The maximum atomic E-state index is 5.71. The summed E-state index contributed by atoms with van der Waals surface area (Å²) in [7, 11) is 3.28. The zero-order chi connectivity index (χ0) is 19.4. The molecule has 0 saturated carbocycles. The van der Waals surface area contributed by atoms with Crippen molar-refractivity contribution >= 4 is 0 Å². The molecule has 0 aliphatic rings. The van der Waals surface area contributed by atoms with E-state index in [0.717, 1.165) is 33.7 Å². The van der Waals surface area contributed by atoms with Crippen molar-refractivity contribution in [3.05, 3.63) is 60.5 Å². The quantitative estimate of drug-likeness (QED) is 0.538. The number of rotatable bonds is 7. The summed E-state index contributed by atoms with van der Waals surface area (Å²) in [5, 5.41) is 0. The number of hydrogen-bond donors (Lipinski definition) is 0. The number of hydrogen-bond acceptors (Lipinski definition) is 5. The summed E-state index contributed by atoms with van der Waals surface area (Å²) in [5.41, 5.74) is 4.76. The van der Waals surface area contributed by atoms with E-state index in [1.54, 1.807) is 20.3 Å². The van der Waals surface area contributed by atoms with E-state index in [0.29, 0.717) is 23.9 Å². The van der Waals surface area contributed by atoms with E-state index in [2.05, 4.69) is 24.6 Å². The van der Waals surface area contributed by atoms with Crippen molar-refractivity contribution in [1.29, 1.82) is 0 Å². The van der Waals surface area contributed by atoms with Gasteiger partial charge in [-0.15, -0.1) is 0 Å². The highest BCUT2D eigenvalue weighted by atomic mass is 16.5. The normalized spacial score (nSPS) is 10.5. The monoisotopic (exact) mass is 365 g/mol. The van der Waals surface area contributed by atoms with Crippen LogP contribution in [-0.4, -0.2) is 25.8 Å². The number of nitrogens with zero attached hydrogens (tertiary/aromatic N) is 1. The Morgan fingerprint density at radius 1 is 1.00 bits per heavy atom. The molecule has 1 aromatic heterocycles. The summed E-state index contributed by atoms with van der Waals surface area (Å²) in [6, 6.07) is 9.70. The Balaban J connectivity index is 2.08. The Morgan fingerprint density at radius 3 is 2.44 bits per heavy atom. The second kappa shape index (κ2) is 7.99. The number of oxazole rings is 1. The number of aromatic nitrogens is 1. The van der Waals surface area contributed by atoms with Crippen LogP contribution in [0.15, 0.2) is 53.8 Å². The predicted molar refractivity (Wildman–Crippen MR) is 106 cm³/mol. The summed E-state index contributed by atoms with van der Waals surface area (Å²) >= 11 is 0. The second-order valence-corrected chi connectivity index (χ2v) is 6.12. The first-order valence-electron chi connectivity index (χ1n) is 8.60. The fraction of sp³-hybridized carbons (Fsp3) is 0.227. The first kappa shape index (κ1) is 18.6. The molecule has 3 rings (SSSR count). The Morgan fingerprint density at radius 2 is 1.74 bits per heavy atom. The molecule has 1 heterocycles. The van der Waals surface area contributed by atoms with E-state index in [1.165, 1.54) is 6.39 Å². The fourth-order valence-electron chi connectivity index (χ4n) is 2.91. The molecule has 0 bridgehead atoms. The van der Waals surface area contributed by atoms with E-state index >= 15 is 0 Å². The molecular weight excluding hydrogens is 342 g/mol. The van der Waals surface area contributed by atoms with E-state index in [9.17, 15) is 0 Å². The lowest BCUT2D eigenvalue weighted by molar-refractivity contribution is 0.326. The minimum Gasteiger partial charge on any atom is -0.496 e. The van der Waals surface area contributed by atoms with Crippen LogP contribution in [0.1, 0.15) is 11.1 Å². The van der Waals surface area contributed by atoms with Crippen LogP contribution in [0, 0.1) is 13.8 Å². The van der Waals surface area contributed by atoms with Crippen LogP contribution in [-0.2, 0) is 0 Å². The molecule has 0 spiro atoms. The summed E-state index contributed by atoms with van der Waals surface area (Å²) < 4.78 is 22.3. The zero-order valence-corrected chi connectivity index (χ0v) is 16.0. The summed E-state index contributed by atoms with van der Waals surface area (Å²) in [4.78, 5) is 4.43. The van der Waals surface area contributed by atoms with Crippen LogP contribution in [0.25, 0.3) is 22.6 Å². The molecule has 0 unspecified atom stereocenters. The Bertz CT molecular complexity index is 959. The molecule has 2 aromatic carbocycles. The topological polar surface area (TPSA) is 53.7 Å². The highest BCUT2D eigenvalue weighted by molar-refractivity contribution is 5.79. The summed E-state index contributed by atoms with van der Waals surface area (Å²) in [5.74, 6) is 2.75. The maximum absolute atomic E-state index is 5.71. The Hall–Kier alpha value is -3.21. The van der Waals surface area contributed by atoms with Crippen LogP contribution < -0.4 is 14.2 Å². The third kappa shape index (κ3) is 3.67. The lowest BCUT2D eigenvalue weighted by atomic mass is 10.00. The highest BCUT2D eigenvalue weighted by Gasteiger charge is 2.17. The van der Waals surface area contributed by atoms with Gasteiger partial charge in [0.15, 0.2) is 23.7 Å². The van der Waals surface area contributed by atoms with Crippen molar-refractivity contribution in [2.45, 2.75) is 13.8 Å². The SMILES string of the molecule is C=CCOc1cc(-c2ocnc2-c2cc(C)c(C)c(OC)c2)ccc1OC. The van der Waals surface area contributed by atoms with Gasteiger partial charge in [0.2, 0.25) is 0 Å². The van der Waals surface area contributed by atoms with Crippen LogP contribution in [0.4, 0.5) is 0 Å². The van der Waals surface area contributed by atoms with Crippen molar-refractivity contribution in [3.8, 4) is 39.8 Å². The molecule has 5 nitrogen and oxygen atoms in total. The third-order valence-corrected chi connectivity index (χ3v) is 4.46. The molecule has 0 saturated heterocycles. The summed E-state index contributed by atoms with van der Waals surface area (Å²) in [6.45, 7) is 8.16. The first-order valence-corrected chi connectivity index (χ1v) is 8.60. The average molecular weight is 365 g/mol. The van der Waals surface area contributed by atoms with Gasteiger partial charge in [-0.2, -0.15) is 0 Å². The molecule has 0 N–H and O–H groups in total. The number of ether oxygens (including phenoxy) is 3. The Kier molecular flexibility index (Phi) is 5.50. The van der Waals surface area contributed by atoms with Crippen LogP contribution >= 0.6 is 0 Å². The van der Waals surface area contributed by atoms with Crippen molar-refractivity contribution < 1.29 is 18.6 Å². The van der Waals surface area contributed by atoms with Gasteiger partial charge in [-0.25, -0.2) is 4.98 Å². The van der Waals surface area contributed by atoms with Gasteiger partial charge in [0.1, 0.15) is 18.1 Å². The van der Waals surface area contributed by atoms with Crippen molar-refractivity contribution in [2.75, 3.05) is 20.8 Å². The molecule has 140 valence electrons. The molecule has 5 heteroatoms. The number of benzene rings is 2. The van der Waals surface area contributed by atoms with Gasteiger partial charge in [0, 0.05) is 11.1 Å². The average Bonchev–Trinajstić information content (AvgIpc) is 3.18. The molecule has 0 amide bonds. The van der Waals surface area contributed by atoms with E-state index in [4.69, 9.17) is 18.6 Å². The van der Waals surface area contributed by atoms with Gasteiger partial charge in [0.05, 0.1) is 14.2 Å². The maximum Gasteiger partial charge on any atom is 0.182 e. The van der Waals surface area contributed by atoms with Crippen LogP contribution in [0.5, 0.6) is 17.2 Å². The molecular formula is C22H23NO4. The molecule has 0 aliphatic carbocycles. The number of methoxy groups -OCH3 is 2. The van der Waals surface area contributed by atoms with Crippen molar-refractivity contribution in [2.24, 2.45) is 0 Å². The smallest absolute Gasteiger partial charge is 0.182 e. The van der Waals surface area contributed by atoms with E-state index < -0.39 is 0 Å². The molecule has 3 aromatic rings. The van der Waals surface area contributed by atoms with Gasteiger partial charge < -0.3 is 18.6 Å². The standard InChI is InChI=1S/C22H23NO4/c1-6-9-26-20-11-16(7-8-18(20)24-4)22-21(23-13-27-22)17-10-14(2)15(3)19(12-17)25-5/h6-8,10-13H,1,9H2,2-5H3. The molecule has 0 fully saturated rings. The molecule has 27 heavy (non-hydrogen) atoms. The van der Waals surface area contributed by atoms with Crippen molar-refractivity contribution in [3.63, 3.8) is 0 Å². The largest absolute Gasteiger partial charge is 0.496 e. The Labute approximate surface area is 159 Å². The minimum absolute atomic E-state index is 0.386. The van der Waals surface area contributed by atoms with Crippen LogP contribution in [0.2, 0.25) is 0 Å². The molecule has 0 aliphatic heterocycles. The lowest BCUT2D eigenvalue weighted by Gasteiger charge is -2.12. The fourth-order valence-corrected chi connectivity index (χ4v) is 2.91. The summed E-state index contributed by atoms with van der Waals surface area (Å²) in [6.07, 6.45) is 3.13. The second-order valence-electron chi connectivity index (χ2n) is 6.12. The molecule has 0 atom stereocenters. The zero-order valence-electron chi connectivity index (χ0n) is 16.0. The van der Waals surface area contributed by atoms with E-state index in [-0.39, 0.29) is 0 Å². The van der Waals surface area contributed by atoms with Crippen LogP contribution in [0.3, 0.4) is 0 Å². The predicted octanol–water partition coefficient (Wildman–Crippen LogP) is 5.21. The highest BCUT2D eigenvalue weighted by Crippen LogP contribution is 2.38. The van der Waals surface area contributed by atoms with E-state index in [1.807, 2.05) is 31.2 Å². The van der Waals surface area contributed by atoms with Gasteiger partial charge in [-0.1, -0.05) is 12.7 Å². The van der Waals surface area contributed by atoms with Gasteiger partial charge in [-0.3, -0.25) is 0 Å². The number of aryl methyl sites for hydroxylation is 1. The lowest BCUT2D eigenvalue weighted by Crippen LogP contribution is -1.97. The van der Waals surface area contributed by atoms with Gasteiger partial charge in [0.25, 0.3) is 0 Å².